The van der Waals surface area contributed by atoms with E-state index >= 15 is 0 Å². The maximum absolute atomic E-state index is 7.07. The van der Waals surface area contributed by atoms with E-state index in [1.165, 1.54) is 0 Å². The van der Waals surface area contributed by atoms with Crippen molar-refractivity contribution in [1.29, 1.82) is 0 Å². The molecule has 0 fully saturated rings. The lowest BCUT2D eigenvalue weighted by Gasteiger charge is -2.09. The molecule has 0 bridgehead atoms. The van der Waals surface area contributed by atoms with E-state index in [9.17, 15) is 0 Å². The molecule has 0 unspecified atom stereocenters. The fourth-order valence-corrected chi connectivity index (χ4v) is 1.19. The molecule has 0 aliphatic heterocycles. The summed E-state index contributed by atoms with van der Waals surface area (Å²) in [5.74, 6) is 0.581. The summed E-state index contributed by atoms with van der Waals surface area (Å²) in [6, 6.07) is 1.85. The molecule has 1 aromatic heterocycles. The van der Waals surface area contributed by atoms with Crippen molar-refractivity contribution in [2.45, 2.75) is 39.5 Å². The van der Waals surface area contributed by atoms with E-state index in [1.807, 2.05) is 33.8 Å². The standard InChI is InChI=1S/C11H15N3/c1-7(2)9-6-10(12-5)11(8(3)4)14-13-9/h6-8H,1-4H3. The molecule has 74 valence electrons. The molecule has 0 radical (unpaired) electrons. The summed E-state index contributed by atoms with van der Waals surface area (Å²) >= 11 is 0. The Kier molecular flexibility index (Phi) is 3.19. The third-order valence-electron chi connectivity index (χ3n) is 2.08. The van der Waals surface area contributed by atoms with E-state index in [0.717, 1.165) is 11.4 Å². The highest BCUT2D eigenvalue weighted by Gasteiger charge is 2.11. The van der Waals surface area contributed by atoms with Gasteiger partial charge in [-0.15, -0.1) is 0 Å². The van der Waals surface area contributed by atoms with Crippen molar-refractivity contribution in [3.8, 4) is 0 Å². The first-order chi connectivity index (χ1) is 6.56. The third-order valence-corrected chi connectivity index (χ3v) is 2.08. The van der Waals surface area contributed by atoms with Crippen LogP contribution in [0, 0.1) is 6.57 Å². The van der Waals surface area contributed by atoms with Crippen LogP contribution in [-0.4, -0.2) is 10.2 Å². The van der Waals surface area contributed by atoms with Crippen LogP contribution >= 0.6 is 0 Å². The van der Waals surface area contributed by atoms with Crippen LogP contribution in [0.4, 0.5) is 5.69 Å². The van der Waals surface area contributed by atoms with Crippen molar-refractivity contribution >= 4 is 5.69 Å². The van der Waals surface area contributed by atoms with Crippen molar-refractivity contribution in [2.75, 3.05) is 0 Å². The molecule has 0 spiro atoms. The zero-order valence-electron chi connectivity index (χ0n) is 9.07. The van der Waals surface area contributed by atoms with Crippen LogP contribution in [0.25, 0.3) is 4.85 Å². The van der Waals surface area contributed by atoms with Crippen LogP contribution in [0.15, 0.2) is 6.07 Å². The second kappa shape index (κ2) is 4.19. The number of hydrogen-bond donors (Lipinski definition) is 0. The Bertz CT molecular complexity index is 361. The number of aromatic nitrogens is 2. The summed E-state index contributed by atoms with van der Waals surface area (Å²) < 4.78 is 0. The van der Waals surface area contributed by atoms with Crippen molar-refractivity contribution in [2.24, 2.45) is 0 Å². The van der Waals surface area contributed by atoms with Gasteiger partial charge in [0.1, 0.15) is 0 Å². The highest BCUT2D eigenvalue weighted by molar-refractivity contribution is 5.50. The van der Waals surface area contributed by atoms with Gasteiger partial charge < -0.3 is 0 Å². The van der Waals surface area contributed by atoms with Gasteiger partial charge in [-0.3, -0.25) is 0 Å². The summed E-state index contributed by atoms with van der Waals surface area (Å²) in [5.41, 5.74) is 2.32. The monoisotopic (exact) mass is 189 g/mol. The van der Waals surface area contributed by atoms with Gasteiger partial charge in [-0.2, -0.15) is 10.2 Å². The smallest absolute Gasteiger partial charge is 0.212 e. The minimum Gasteiger partial charge on any atom is -0.236 e. The van der Waals surface area contributed by atoms with Gasteiger partial charge in [0.2, 0.25) is 5.69 Å². The van der Waals surface area contributed by atoms with E-state index in [1.54, 1.807) is 0 Å². The SMILES string of the molecule is [C-]#[N+]c1cc(C(C)C)nnc1C(C)C. The summed E-state index contributed by atoms with van der Waals surface area (Å²) in [6.07, 6.45) is 0. The molecule has 0 aliphatic rings. The van der Waals surface area contributed by atoms with Gasteiger partial charge in [0.15, 0.2) is 0 Å². The molecule has 0 saturated heterocycles. The van der Waals surface area contributed by atoms with Gasteiger partial charge in [-0.25, -0.2) is 4.85 Å². The van der Waals surface area contributed by atoms with E-state index in [4.69, 9.17) is 6.57 Å². The van der Waals surface area contributed by atoms with E-state index < -0.39 is 0 Å². The van der Waals surface area contributed by atoms with Crippen LogP contribution in [-0.2, 0) is 0 Å². The number of hydrogen-bond acceptors (Lipinski definition) is 2. The van der Waals surface area contributed by atoms with Crippen LogP contribution in [0.3, 0.4) is 0 Å². The number of rotatable bonds is 2. The first-order valence-electron chi connectivity index (χ1n) is 4.81. The molecule has 0 atom stereocenters. The molecule has 0 aromatic carbocycles. The molecular formula is C11H15N3. The van der Waals surface area contributed by atoms with Gasteiger partial charge in [0.05, 0.1) is 18.0 Å². The average Bonchev–Trinajstić information content (AvgIpc) is 2.16. The van der Waals surface area contributed by atoms with Gasteiger partial charge in [-0.05, 0) is 17.9 Å². The maximum Gasteiger partial charge on any atom is 0.212 e. The minimum atomic E-state index is 0.257. The Morgan fingerprint density at radius 1 is 1.14 bits per heavy atom. The fourth-order valence-electron chi connectivity index (χ4n) is 1.19. The maximum atomic E-state index is 7.07. The lowest BCUT2D eigenvalue weighted by atomic mass is 10.1. The van der Waals surface area contributed by atoms with Crippen LogP contribution in [0.5, 0.6) is 0 Å². The van der Waals surface area contributed by atoms with Crippen molar-refractivity contribution in [3.05, 3.63) is 28.9 Å². The predicted octanol–water partition coefficient (Wildman–Crippen LogP) is 3.27. The molecule has 0 N–H and O–H groups in total. The molecule has 1 aromatic rings. The molecule has 14 heavy (non-hydrogen) atoms. The molecule has 0 aliphatic carbocycles. The second-order valence-corrected chi connectivity index (χ2v) is 3.96. The zero-order valence-corrected chi connectivity index (χ0v) is 9.07. The lowest BCUT2D eigenvalue weighted by Crippen LogP contribution is -2.00. The van der Waals surface area contributed by atoms with Gasteiger partial charge in [0.25, 0.3) is 0 Å². The summed E-state index contributed by atoms with van der Waals surface area (Å²) in [4.78, 5) is 3.48. The summed E-state index contributed by atoms with van der Waals surface area (Å²) in [6.45, 7) is 15.2. The fraction of sp³-hybridized carbons (Fsp3) is 0.545. The Morgan fingerprint density at radius 3 is 2.21 bits per heavy atom. The molecule has 3 nitrogen and oxygen atoms in total. The second-order valence-electron chi connectivity index (χ2n) is 3.96. The predicted molar refractivity (Wildman–Crippen MR) is 56.5 cm³/mol. The molecule has 1 heterocycles. The van der Waals surface area contributed by atoms with E-state index in [2.05, 4.69) is 15.0 Å². The highest BCUT2D eigenvalue weighted by Crippen LogP contribution is 2.26. The molecule has 3 heteroatoms. The van der Waals surface area contributed by atoms with Gasteiger partial charge in [0, 0.05) is 0 Å². The Hall–Kier alpha value is -1.43. The first-order valence-corrected chi connectivity index (χ1v) is 4.81. The van der Waals surface area contributed by atoms with Crippen molar-refractivity contribution in [1.82, 2.24) is 10.2 Å². The Morgan fingerprint density at radius 2 is 1.79 bits per heavy atom. The quantitative estimate of drug-likeness (QED) is 0.668. The minimum absolute atomic E-state index is 0.257. The first kappa shape index (κ1) is 10.6. The van der Waals surface area contributed by atoms with Crippen LogP contribution < -0.4 is 0 Å². The van der Waals surface area contributed by atoms with Gasteiger partial charge >= 0.3 is 0 Å². The normalized spacial score (nSPS) is 10.6. The zero-order chi connectivity index (χ0) is 10.7. The topological polar surface area (TPSA) is 30.1 Å². The van der Waals surface area contributed by atoms with Crippen LogP contribution in [0.1, 0.15) is 50.9 Å². The van der Waals surface area contributed by atoms with E-state index in [-0.39, 0.29) is 5.92 Å². The number of nitrogens with zero attached hydrogens (tertiary/aromatic N) is 3. The van der Waals surface area contributed by atoms with E-state index in [0.29, 0.717) is 11.6 Å². The summed E-state index contributed by atoms with van der Waals surface area (Å²) in [7, 11) is 0. The lowest BCUT2D eigenvalue weighted by molar-refractivity contribution is 0.738. The highest BCUT2D eigenvalue weighted by atomic mass is 15.1. The van der Waals surface area contributed by atoms with Crippen LogP contribution in [0.2, 0.25) is 0 Å². The Labute approximate surface area is 85.0 Å². The molecule has 1 rings (SSSR count). The molecular weight excluding hydrogens is 174 g/mol. The average molecular weight is 189 g/mol. The third kappa shape index (κ3) is 2.08. The molecule has 0 amide bonds. The van der Waals surface area contributed by atoms with Crippen molar-refractivity contribution in [3.63, 3.8) is 0 Å². The molecule has 0 saturated carbocycles. The largest absolute Gasteiger partial charge is 0.236 e. The summed E-state index contributed by atoms with van der Waals surface area (Å²) in [5, 5.41) is 8.22. The Balaban J connectivity index is 3.20. The van der Waals surface area contributed by atoms with Gasteiger partial charge in [-0.1, -0.05) is 27.7 Å². The van der Waals surface area contributed by atoms with Crippen molar-refractivity contribution < 1.29 is 0 Å².